The Labute approximate surface area is 146 Å². The van der Waals surface area contributed by atoms with Crippen molar-refractivity contribution in [1.29, 1.82) is 0 Å². The Hall–Kier alpha value is -2.08. The number of nitrogens with zero attached hydrogens (tertiary/aromatic N) is 1. The predicted molar refractivity (Wildman–Crippen MR) is 93.8 cm³/mol. The van der Waals surface area contributed by atoms with Crippen LogP contribution in [0.25, 0.3) is 0 Å². The van der Waals surface area contributed by atoms with Crippen molar-refractivity contribution in [3.05, 3.63) is 64.7 Å². The fourth-order valence-corrected chi connectivity index (χ4v) is 2.37. The zero-order valence-corrected chi connectivity index (χ0v) is 14.2. The van der Waals surface area contributed by atoms with Gasteiger partial charge >= 0.3 is 0 Å². The van der Waals surface area contributed by atoms with Crippen molar-refractivity contribution >= 4 is 17.5 Å². The zero-order chi connectivity index (χ0) is 17.5. The highest BCUT2D eigenvalue weighted by atomic mass is 35.5. The molecule has 0 saturated heterocycles. The fraction of sp³-hybridized carbons (Fsp3) is 0.278. The van der Waals surface area contributed by atoms with E-state index in [1.807, 2.05) is 48.5 Å². The van der Waals surface area contributed by atoms with Gasteiger partial charge in [-0.15, -0.1) is 0 Å². The van der Waals surface area contributed by atoms with Crippen LogP contribution in [0, 0.1) is 0 Å². The third-order valence-electron chi connectivity index (χ3n) is 3.59. The first-order chi connectivity index (χ1) is 11.5. The number of benzene rings is 2. The number of hydrogen-bond acceptors (Lipinski definition) is 4. The largest absolute Gasteiger partial charge is 0.489 e. The summed E-state index contributed by atoms with van der Waals surface area (Å²) in [5.74, 6) is 0.427. The summed E-state index contributed by atoms with van der Waals surface area (Å²) in [6.45, 7) is 0.443. The van der Waals surface area contributed by atoms with Gasteiger partial charge in [0.05, 0.1) is 6.61 Å². The molecule has 24 heavy (non-hydrogen) atoms. The van der Waals surface area contributed by atoms with Crippen LogP contribution in [0.5, 0.6) is 5.75 Å². The highest BCUT2D eigenvalue weighted by molar-refractivity contribution is 6.31. The lowest BCUT2D eigenvalue weighted by atomic mass is 10.2. The van der Waals surface area contributed by atoms with E-state index in [4.69, 9.17) is 27.2 Å². The van der Waals surface area contributed by atoms with Crippen LogP contribution in [0.2, 0.25) is 5.02 Å². The van der Waals surface area contributed by atoms with Crippen molar-refractivity contribution in [2.75, 3.05) is 13.7 Å². The molecule has 3 N–H and O–H groups in total. The maximum absolute atomic E-state index is 11.8. The normalized spacial score (nSPS) is 11.8. The number of ether oxygens (including phenoxy) is 1. The molecule has 0 saturated carbocycles. The number of halogens is 1. The van der Waals surface area contributed by atoms with Crippen molar-refractivity contribution < 1.29 is 14.6 Å². The number of carbonyl (C=O) groups is 1. The molecule has 0 radical (unpaired) electrons. The van der Waals surface area contributed by atoms with Crippen molar-refractivity contribution in [3.8, 4) is 5.75 Å². The Morgan fingerprint density at radius 1 is 1.25 bits per heavy atom. The number of amides is 1. The Morgan fingerprint density at radius 2 is 1.92 bits per heavy atom. The van der Waals surface area contributed by atoms with Gasteiger partial charge < -0.3 is 20.5 Å². The molecule has 0 aromatic heterocycles. The van der Waals surface area contributed by atoms with E-state index in [2.05, 4.69) is 0 Å². The van der Waals surface area contributed by atoms with Gasteiger partial charge in [-0.1, -0.05) is 41.9 Å². The summed E-state index contributed by atoms with van der Waals surface area (Å²) in [5.41, 5.74) is 7.40. The molecular formula is C18H21ClN2O3. The summed E-state index contributed by atoms with van der Waals surface area (Å²) in [7, 11) is 1.65. The van der Waals surface area contributed by atoms with Gasteiger partial charge in [-0.3, -0.25) is 4.79 Å². The molecule has 0 spiro atoms. The number of aliphatic hydroxyl groups is 1. The molecule has 2 rings (SSSR count). The van der Waals surface area contributed by atoms with Gasteiger partial charge in [0.2, 0.25) is 5.91 Å². The van der Waals surface area contributed by atoms with Crippen molar-refractivity contribution in [1.82, 2.24) is 4.90 Å². The van der Waals surface area contributed by atoms with Crippen LogP contribution in [0.15, 0.2) is 48.5 Å². The summed E-state index contributed by atoms with van der Waals surface area (Å²) in [6, 6.07) is 14.1. The summed E-state index contributed by atoms with van der Waals surface area (Å²) in [5, 5.41) is 9.61. The zero-order valence-electron chi connectivity index (χ0n) is 13.5. The van der Waals surface area contributed by atoms with Gasteiger partial charge in [0.1, 0.15) is 18.4 Å². The Kier molecular flexibility index (Phi) is 6.61. The quantitative estimate of drug-likeness (QED) is 0.804. The van der Waals surface area contributed by atoms with Crippen LogP contribution in [-0.4, -0.2) is 35.6 Å². The highest BCUT2D eigenvalue weighted by Gasteiger charge is 2.16. The van der Waals surface area contributed by atoms with Gasteiger partial charge in [-0.05, 0) is 23.8 Å². The minimum Gasteiger partial charge on any atom is -0.489 e. The monoisotopic (exact) mass is 348 g/mol. The van der Waals surface area contributed by atoms with Crippen molar-refractivity contribution in [2.24, 2.45) is 5.73 Å². The Bertz CT molecular complexity index is 676. The molecule has 128 valence electrons. The van der Waals surface area contributed by atoms with E-state index >= 15 is 0 Å². The second kappa shape index (κ2) is 8.68. The molecule has 0 fully saturated rings. The maximum Gasteiger partial charge on any atom is 0.241 e. The number of likely N-dealkylation sites (N-methyl/N-ethyl adjacent to an activating group) is 1. The maximum atomic E-state index is 11.8. The summed E-state index contributed by atoms with van der Waals surface area (Å²) >= 11 is 6.09. The van der Waals surface area contributed by atoms with Gasteiger partial charge in [-0.25, -0.2) is 0 Å². The number of nitrogens with two attached hydrogens (primary N) is 1. The number of hydrogen-bond donors (Lipinski definition) is 2. The summed E-state index contributed by atoms with van der Waals surface area (Å²) in [6.07, 6.45) is 0. The molecule has 0 aliphatic carbocycles. The molecule has 0 heterocycles. The molecule has 1 unspecified atom stereocenters. The van der Waals surface area contributed by atoms with E-state index in [-0.39, 0.29) is 12.5 Å². The van der Waals surface area contributed by atoms with Gasteiger partial charge in [0.15, 0.2) is 0 Å². The third kappa shape index (κ3) is 4.96. The van der Waals surface area contributed by atoms with Crippen molar-refractivity contribution in [3.63, 3.8) is 0 Å². The first-order valence-corrected chi connectivity index (χ1v) is 7.95. The van der Waals surface area contributed by atoms with E-state index in [1.54, 1.807) is 7.05 Å². The minimum atomic E-state index is -0.881. The Morgan fingerprint density at radius 3 is 2.54 bits per heavy atom. The molecular weight excluding hydrogens is 328 g/mol. The van der Waals surface area contributed by atoms with Gasteiger partial charge in [0.25, 0.3) is 0 Å². The lowest BCUT2D eigenvalue weighted by molar-refractivity contribution is -0.132. The molecule has 2 aromatic rings. The molecule has 0 aliphatic heterocycles. The predicted octanol–water partition coefficient (Wildman–Crippen LogP) is 2.20. The van der Waals surface area contributed by atoms with Crippen LogP contribution >= 0.6 is 11.6 Å². The van der Waals surface area contributed by atoms with Gasteiger partial charge in [-0.2, -0.15) is 0 Å². The van der Waals surface area contributed by atoms with E-state index in [0.717, 1.165) is 16.9 Å². The topological polar surface area (TPSA) is 75.8 Å². The fourth-order valence-electron chi connectivity index (χ4n) is 2.18. The van der Waals surface area contributed by atoms with Crippen molar-refractivity contribution in [2.45, 2.75) is 19.2 Å². The second-order valence-electron chi connectivity index (χ2n) is 5.51. The van der Waals surface area contributed by atoms with Crippen LogP contribution in [0.1, 0.15) is 11.1 Å². The molecule has 0 aliphatic rings. The third-order valence-corrected chi connectivity index (χ3v) is 3.95. The molecule has 6 heteroatoms. The molecule has 0 bridgehead atoms. The minimum absolute atomic E-state index is 0.295. The second-order valence-corrected chi connectivity index (χ2v) is 5.91. The van der Waals surface area contributed by atoms with E-state index in [1.165, 1.54) is 4.90 Å². The first-order valence-electron chi connectivity index (χ1n) is 7.58. The number of aliphatic hydroxyl groups excluding tert-OH is 1. The smallest absolute Gasteiger partial charge is 0.241 e. The SMILES string of the molecule is CN(Cc1ccc(OCc2ccccc2Cl)cc1)C(=O)C(N)CO. The van der Waals surface area contributed by atoms with E-state index in [0.29, 0.717) is 18.2 Å². The molecule has 1 amide bonds. The molecule has 2 aromatic carbocycles. The first kappa shape index (κ1) is 18.3. The number of carbonyl (C=O) groups excluding carboxylic acids is 1. The lowest BCUT2D eigenvalue weighted by Gasteiger charge is -2.20. The highest BCUT2D eigenvalue weighted by Crippen LogP contribution is 2.19. The Balaban J connectivity index is 1.91. The number of rotatable bonds is 7. The van der Waals surface area contributed by atoms with Crippen LogP contribution in [-0.2, 0) is 17.9 Å². The van der Waals surface area contributed by atoms with Crippen LogP contribution in [0.4, 0.5) is 0 Å². The summed E-state index contributed by atoms with van der Waals surface area (Å²) in [4.78, 5) is 13.3. The van der Waals surface area contributed by atoms with Crippen LogP contribution in [0.3, 0.4) is 0 Å². The standard InChI is InChI=1S/C18H21ClN2O3/c1-21(18(23)17(20)11-22)10-13-6-8-15(9-7-13)24-12-14-4-2-3-5-16(14)19/h2-9,17,22H,10-12,20H2,1H3. The average molecular weight is 349 g/mol. The molecule has 5 nitrogen and oxygen atoms in total. The lowest BCUT2D eigenvalue weighted by Crippen LogP contribution is -2.43. The molecule has 1 atom stereocenters. The van der Waals surface area contributed by atoms with E-state index in [9.17, 15) is 4.79 Å². The van der Waals surface area contributed by atoms with Crippen LogP contribution < -0.4 is 10.5 Å². The summed E-state index contributed by atoms with van der Waals surface area (Å²) < 4.78 is 5.72. The van der Waals surface area contributed by atoms with Gasteiger partial charge in [0, 0.05) is 24.2 Å². The average Bonchev–Trinajstić information content (AvgIpc) is 2.61. The van der Waals surface area contributed by atoms with E-state index < -0.39 is 6.04 Å².